The fourth-order valence-electron chi connectivity index (χ4n) is 1.98. The Hall–Kier alpha value is -1.78. The van der Waals surface area contributed by atoms with Crippen LogP contribution in [0.1, 0.15) is 12.0 Å². The normalized spacial score (nSPS) is 12.5. The number of nitrogens with two attached hydrogens (primary N) is 1. The summed E-state index contributed by atoms with van der Waals surface area (Å²) in [6.45, 7) is 1.66. The van der Waals surface area contributed by atoms with Crippen molar-refractivity contribution in [3.05, 3.63) is 23.8 Å². The van der Waals surface area contributed by atoms with Gasteiger partial charge in [-0.3, -0.25) is 4.79 Å². The molecule has 0 aliphatic carbocycles. The van der Waals surface area contributed by atoms with E-state index in [1.165, 1.54) is 24.9 Å². The quantitative estimate of drug-likeness (QED) is 0.530. The predicted molar refractivity (Wildman–Crippen MR) is 95.6 cm³/mol. The molecule has 0 unspecified atom stereocenters. The Bertz CT molecular complexity index is 707. The van der Waals surface area contributed by atoms with Crippen molar-refractivity contribution in [3.63, 3.8) is 0 Å². The number of hydrogen-bond donors (Lipinski definition) is 4. The van der Waals surface area contributed by atoms with Crippen LogP contribution in [0.3, 0.4) is 0 Å². The van der Waals surface area contributed by atoms with Crippen LogP contribution in [0.2, 0.25) is 0 Å². The topological polar surface area (TPSA) is 130 Å². The monoisotopic (exact) mass is 374 g/mol. The summed E-state index contributed by atoms with van der Waals surface area (Å²) in [5.74, 6) is 0.200. The third-order valence-electron chi connectivity index (χ3n) is 3.26. The summed E-state index contributed by atoms with van der Waals surface area (Å²) >= 11 is 1.53. The highest BCUT2D eigenvalue weighted by Gasteiger charge is 2.21. The first-order chi connectivity index (χ1) is 11.2. The zero-order valence-electron chi connectivity index (χ0n) is 13.8. The number of nitrogens with one attached hydrogen (secondary N) is 3. The van der Waals surface area contributed by atoms with Gasteiger partial charge in [0.15, 0.2) is 0 Å². The highest BCUT2D eigenvalue weighted by molar-refractivity contribution is 7.98. The molecule has 5 N–H and O–H groups in total. The molecule has 134 valence electrons. The van der Waals surface area contributed by atoms with Crippen LogP contribution in [0, 0.1) is 6.92 Å². The first-order valence-electron chi connectivity index (χ1n) is 7.11. The maximum atomic E-state index is 12.3. The van der Waals surface area contributed by atoms with Gasteiger partial charge in [-0.2, -0.15) is 11.8 Å². The molecule has 0 bridgehead atoms. The van der Waals surface area contributed by atoms with Crippen molar-refractivity contribution in [2.24, 2.45) is 5.73 Å². The number of primary amides is 1. The molecular formula is C14H22N4O4S2. The minimum Gasteiger partial charge on any atom is -0.352 e. The molecule has 10 heteroatoms. The summed E-state index contributed by atoms with van der Waals surface area (Å²) in [6.07, 6.45) is 2.29. The molecule has 0 aromatic heterocycles. The summed E-state index contributed by atoms with van der Waals surface area (Å²) in [5, 5.41) is 4.99. The predicted octanol–water partition coefficient (Wildman–Crippen LogP) is 0.632. The molecule has 0 saturated heterocycles. The molecule has 0 fully saturated rings. The molecule has 1 aromatic rings. The van der Waals surface area contributed by atoms with Gasteiger partial charge in [-0.25, -0.2) is 17.9 Å². The zero-order valence-corrected chi connectivity index (χ0v) is 15.4. The van der Waals surface area contributed by atoms with Crippen molar-refractivity contribution in [3.8, 4) is 0 Å². The van der Waals surface area contributed by atoms with Gasteiger partial charge in [-0.1, -0.05) is 6.07 Å². The van der Waals surface area contributed by atoms with Gasteiger partial charge in [-0.05, 0) is 50.1 Å². The molecule has 0 spiro atoms. The largest absolute Gasteiger partial charge is 0.352 e. The lowest BCUT2D eigenvalue weighted by Crippen LogP contribution is -2.46. The molecule has 0 saturated carbocycles. The molecule has 3 amide bonds. The molecule has 8 nitrogen and oxygen atoms in total. The van der Waals surface area contributed by atoms with Gasteiger partial charge in [0.2, 0.25) is 15.9 Å². The van der Waals surface area contributed by atoms with E-state index in [0.717, 1.165) is 0 Å². The van der Waals surface area contributed by atoms with Gasteiger partial charge in [0.1, 0.15) is 6.04 Å². The minimum atomic E-state index is -3.63. The molecule has 1 aromatic carbocycles. The highest BCUT2D eigenvalue weighted by Crippen LogP contribution is 2.20. The molecule has 24 heavy (non-hydrogen) atoms. The van der Waals surface area contributed by atoms with Crippen molar-refractivity contribution in [2.75, 3.05) is 24.4 Å². The zero-order chi connectivity index (χ0) is 18.3. The van der Waals surface area contributed by atoms with Crippen LogP contribution in [0.15, 0.2) is 23.1 Å². The summed E-state index contributed by atoms with van der Waals surface area (Å²) in [6, 6.07) is 2.98. The first-order valence-corrected chi connectivity index (χ1v) is 9.99. The van der Waals surface area contributed by atoms with Crippen LogP contribution >= 0.6 is 11.8 Å². The van der Waals surface area contributed by atoms with Crippen molar-refractivity contribution < 1.29 is 18.0 Å². The van der Waals surface area contributed by atoms with Gasteiger partial charge < -0.3 is 16.4 Å². The summed E-state index contributed by atoms with van der Waals surface area (Å²) < 4.78 is 26.2. The molecule has 0 aliphatic heterocycles. The standard InChI is InChI=1S/C14H22N4O4S2/c1-9-4-5-10(8-12(9)24(21,22)16-2)17-13(19)11(6-7-23-3)18-14(15)20/h4-5,8,11,16H,6-7H2,1-3H3,(H,17,19)(H3,15,18,20)/t11-/m1/s1. The lowest BCUT2D eigenvalue weighted by atomic mass is 10.2. The summed E-state index contributed by atoms with van der Waals surface area (Å²) in [7, 11) is -2.32. The molecule has 1 atom stereocenters. The van der Waals surface area contributed by atoms with Gasteiger partial charge >= 0.3 is 6.03 Å². The van der Waals surface area contributed by atoms with E-state index in [9.17, 15) is 18.0 Å². The Morgan fingerprint density at radius 3 is 2.54 bits per heavy atom. The Kier molecular flexibility index (Phi) is 7.52. The average molecular weight is 374 g/mol. The molecular weight excluding hydrogens is 352 g/mol. The Balaban J connectivity index is 3.00. The maximum absolute atomic E-state index is 12.3. The number of benzene rings is 1. The molecule has 0 aliphatic rings. The molecule has 1 rings (SSSR count). The molecule has 0 heterocycles. The van der Waals surface area contributed by atoms with Crippen molar-refractivity contribution in [1.29, 1.82) is 0 Å². The Morgan fingerprint density at radius 2 is 2.00 bits per heavy atom. The Labute approximate surface area is 146 Å². The average Bonchev–Trinajstić information content (AvgIpc) is 2.52. The summed E-state index contributed by atoms with van der Waals surface area (Å²) in [4.78, 5) is 23.4. The summed E-state index contributed by atoms with van der Waals surface area (Å²) in [5.41, 5.74) is 5.96. The SMILES string of the molecule is CNS(=O)(=O)c1cc(NC(=O)[C@@H](CCSC)NC(N)=O)ccc1C. The van der Waals surface area contributed by atoms with Crippen LogP contribution in [0.25, 0.3) is 0 Å². The van der Waals surface area contributed by atoms with E-state index in [1.807, 2.05) is 6.26 Å². The van der Waals surface area contributed by atoms with Crippen molar-refractivity contribution in [1.82, 2.24) is 10.0 Å². The van der Waals surface area contributed by atoms with Crippen LogP contribution < -0.4 is 21.1 Å². The Morgan fingerprint density at radius 1 is 1.33 bits per heavy atom. The third-order valence-corrected chi connectivity index (χ3v) is 5.46. The number of rotatable bonds is 8. The second kappa shape index (κ2) is 8.90. The first kappa shape index (κ1) is 20.3. The van der Waals surface area contributed by atoms with E-state index in [2.05, 4.69) is 15.4 Å². The van der Waals surface area contributed by atoms with Gasteiger partial charge in [-0.15, -0.1) is 0 Å². The number of carbonyl (C=O) groups excluding carboxylic acids is 2. The van der Waals surface area contributed by atoms with Gasteiger partial charge in [0, 0.05) is 5.69 Å². The van der Waals surface area contributed by atoms with Crippen molar-refractivity contribution >= 4 is 39.4 Å². The van der Waals surface area contributed by atoms with Crippen LogP contribution in [0.4, 0.5) is 10.5 Å². The van der Waals surface area contributed by atoms with E-state index >= 15 is 0 Å². The highest BCUT2D eigenvalue weighted by atomic mass is 32.2. The second-order valence-corrected chi connectivity index (χ2v) is 7.86. The number of urea groups is 1. The maximum Gasteiger partial charge on any atom is 0.312 e. The number of hydrogen-bond acceptors (Lipinski definition) is 5. The van der Waals surface area contributed by atoms with E-state index < -0.39 is 28.0 Å². The number of anilines is 1. The fourth-order valence-corrected chi connectivity index (χ4v) is 3.45. The van der Waals surface area contributed by atoms with E-state index in [1.54, 1.807) is 19.1 Å². The minimum absolute atomic E-state index is 0.0753. The van der Waals surface area contributed by atoms with Crippen LogP contribution in [0.5, 0.6) is 0 Å². The van der Waals surface area contributed by atoms with E-state index in [-0.39, 0.29) is 4.90 Å². The number of thioether (sulfide) groups is 1. The number of carbonyl (C=O) groups is 2. The number of aryl methyl sites for hydroxylation is 1. The van der Waals surface area contributed by atoms with E-state index in [0.29, 0.717) is 23.4 Å². The molecule has 0 radical (unpaired) electrons. The lowest BCUT2D eigenvalue weighted by molar-refractivity contribution is -0.117. The second-order valence-electron chi connectivity index (χ2n) is 5.02. The smallest absolute Gasteiger partial charge is 0.312 e. The number of amides is 3. The van der Waals surface area contributed by atoms with Crippen LogP contribution in [-0.2, 0) is 14.8 Å². The number of sulfonamides is 1. The fraction of sp³-hybridized carbons (Fsp3) is 0.429. The van der Waals surface area contributed by atoms with Gasteiger partial charge in [0.25, 0.3) is 0 Å². The van der Waals surface area contributed by atoms with E-state index in [4.69, 9.17) is 5.73 Å². The van der Waals surface area contributed by atoms with Crippen molar-refractivity contribution in [2.45, 2.75) is 24.3 Å². The van der Waals surface area contributed by atoms with Crippen LogP contribution in [-0.4, -0.2) is 45.5 Å². The third kappa shape index (κ3) is 5.69. The van der Waals surface area contributed by atoms with Gasteiger partial charge in [0.05, 0.1) is 4.90 Å². The lowest BCUT2D eigenvalue weighted by Gasteiger charge is -2.17.